The van der Waals surface area contributed by atoms with E-state index in [0.717, 1.165) is 0 Å². The molecule has 0 fully saturated rings. The molecule has 0 aliphatic heterocycles. The van der Waals surface area contributed by atoms with Crippen molar-refractivity contribution in [2.75, 3.05) is 18.4 Å². The van der Waals surface area contributed by atoms with E-state index < -0.39 is 35.1 Å². The molecule has 0 atom stereocenters. The first-order valence-corrected chi connectivity index (χ1v) is 5.41. The molecule has 110 valence electrons. The summed E-state index contributed by atoms with van der Waals surface area (Å²) in [6.07, 6.45) is -4.69. The fourth-order valence-electron chi connectivity index (χ4n) is 1.24. The average molecular weight is 293 g/mol. The van der Waals surface area contributed by atoms with Gasteiger partial charge < -0.3 is 16.4 Å². The number of anilines is 1. The first kappa shape index (κ1) is 15.9. The maximum Gasteiger partial charge on any atom is 0.416 e. The van der Waals surface area contributed by atoms with E-state index in [1.165, 1.54) is 0 Å². The largest absolute Gasteiger partial charge is 0.416 e. The number of nitrogens with two attached hydrogens (primary N) is 1. The summed E-state index contributed by atoms with van der Waals surface area (Å²) < 4.78 is 50.6. The SMILES string of the molecule is NCCNC(=O)C(=O)Nc1cc(C(F)(F)F)ccc1F. The van der Waals surface area contributed by atoms with Gasteiger partial charge in [-0.1, -0.05) is 0 Å². The normalized spacial score (nSPS) is 11.1. The highest BCUT2D eigenvalue weighted by molar-refractivity contribution is 6.39. The number of carbonyl (C=O) groups is 2. The van der Waals surface area contributed by atoms with Crippen LogP contribution in [0.5, 0.6) is 0 Å². The molecule has 2 amide bonds. The van der Waals surface area contributed by atoms with Gasteiger partial charge in [-0.25, -0.2) is 4.39 Å². The van der Waals surface area contributed by atoms with Crippen LogP contribution in [0.2, 0.25) is 0 Å². The summed E-state index contributed by atoms with van der Waals surface area (Å²) in [6.45, 7) is 0.0915. The van der Waals surface area contributed by atoms with Crippen molar-refractivity contribution < 1.29 is 27.2 Å². The Kier molecular flexibility index (Phi) is 5.03. The van der Waals surface area contributed by atoms with Crippen LogP contribution in [-0.4, -0.2) is 24.9 Å². The lowest BCUT2D eigenvalue weighted by atomic mass is 10.2. The van der Waals surface area contributed by atoms with Crippen LogP contribution in [0.1, 0.15) is 5.56 Å². The molecule has 5 nitrogen and oxygen atoms in total. The lowest BCUT2D eigenvalue weighted by Crippen LogP contribution is -2.38. The fraction of sp³-hybridized carbons (Fsp3) is 0.273. The first-order chi connectivity index (χ1) is 9.25. The number of nitrogens with one attached hydrogen (secondary N) is 2. The minimum absolute atomic E-state index is 0.0112. The average Bonchev–Trinajstić information content (AvgIpc) is 2.37. The van der Waals surface area contributed by atoms with E-state index in [0.29, 0.717) is 18.2 Å². The number of hydrogen-bond donors (Lipinski definition) is 3. The number of benzene rings is 1. The molecule has 1 rings (SSSR count). The topological polar surface area (TPSA) is 84.2 Å². The highest BCUT2D eigenvalue weighted by atomic mass is 19.4. The molecule has 0 radical (unpaired) electrons. The Morgan fingerprint density at radius 1 is 1.20 bits per heavy atom. The van der Waals surface area contributed by atoms with Gasteiger partial charge in [-0.3, -0.25) is 9.59 Å². The fourth-order valence-corrected chi connectivity index (χ4v) is 1.24. The molecule has 0 bridgehead atoms. The second kappa shape index (κ2) is 6.33. The van der Waals surface area contributed by atoms with Gasteiger partial charge in [0.15, 0.2) is 0 Å². The number of carbonyl (C=O) groups excluding carboxylic acids is 2. The molecule has 0 saturated carbocycles. The maximum absolute atomic E-state index is 13.3. The molecular formula is C11H11F4N3O2. The standard InChI is InChI=1S/C11H11F4N3O2/c12-7-2-1-6(11(13,14)15)5-8(7)18-10(20)9(19)17-4-3-16/h1-2,5H,3-4,16H2,(H,17,19)(H,18,20). The predicted octanol–water partition coefficient (Wildman–Crippen LogP) is 0.858. The van der Waals surface area contributed by atoms with Crippen LogP contribution in [0.4, 0.5) is 23.2 Å². The first-order valence-electron chi connectivity index (χ1n) is 5.41. The molecular weight excluding hydrogens is 282 g/mol. The molecule has 0 unspecified atom stereocenters. The van der Waals surface area contributed by atoms with Crippen LogP contribution in [0.25, 0.3) is 0 Å². The Hall–Kier alpha value is -2.16. The molecule has 1 aromatic rings. The summed E-state index contributed by atoms with van der Waals surface area (Å²) in [5, 5.41) is 3.86. The minimum atomic E-state index is -4.69. The lowest BCUT2D eigenvalue weighted by Gasteiger charge is -2.10. The van der Waals surface area contributed by atoms with Crippen LogP contribution in [0.3, 0.4) is 0 Å². The van der Waals surface area contributed by atoms with Gasteiger partial charge in [0.05, 0.1) is 11.3 Å². The molecule has 0 aromatic heterocycles. The van der Waals surface area contributed by atoms with Gasteiger partial charge in [-0.2, -0.15) is 13.2 Å². The van der Waals surface area contributed by atoms with E-state index in [-0.39, 0.29) is 13.1 Å². The third kappa shape index (κ3) is 4.19. The zero-order valence-corrected chi connectivity index (χ0v) is 10.1. The summed E-state index contributed by atoms with van der Waals surface area (Å²) in [4.78, 5) is 22.5. The van der Waals surface area contributed by atoms with Crippen molar-refractivity contribution in [1.82, 2.24) is 5.32 Å². The molecule has 9 heteroatoms. The van der Waals surface area contributed by atoms with Crippen LogP contribution in [0.15, 0.2) is 18.2 Å². The number of alkyl halides is 3. The predicted molar refractivity (Wildman–Crippen MR) is 62.1 cm³/mol. The van der Waals surface area contributed by atoms with Gasteiger partial charge in [-0.15, -0.1) is 0 Å². The quantitative estimate of drug-likeness (QED) is 0.571. The molecule has 0 saturated heterocycles. The number of halogens is 4. The Balaban J connectivity index is 2.86. The Bertz CT molecular complexity index is 517. The van der Waals surface area contributed by atoms with Crippen molar-refractivity contribution in [2.24, 2.45) is 5.73 Å². The number of rotatable bonds is 3. The van der Waals surface area contributed by atoms with E-state index in [1.54, 1.807) is 5.32 Å². The number of hydrogen-bond acceptors (Lipinski definition) is 3. The highest BCUT2D eigenvalue weighted by Gasteiger charge is 2.31. The maximum atomic E-state index is 13.3. The van der Waals surface area contributed by atoms with Crippen molar-refractivity contribution in [1.29, 1.82) is 0 Å². The summed E-state index contributed by atoms with van der Waals surface area (Å²) >= 11 is 0. The summed E-state index contributed by atoms with van der Waals surface area (Å²) in [5.41, 5.74) is 3.22. The summed E-state index contributed by atoms with van der Waals surface area (Å²) in [7, 11) is 0. The zero-order chi connectivity index (χ0) is 15.3. The van der Waals surface area contributed by atoms with Crippen LogP contribution in [0, 0.1) is 5.82 Å². The van der Waals surface area contributed by atoms with E-state index in [2.05, 4.69) is 5.32 Å². The van der Waals surface area contributed by atoms with Gasteiger partial charge in [0.2, 0.25) is 0 Å². The number of amides is 2. The lowest BCUT2D eigenvalue weighted by molar-refractivity contribution is -0.137. The Morgan fingerprint density at radius 3 is 2.40 bits per heavy atom. The molecule has 0 heterocycles. The second-order valence-electron chi connectivity index (χ2n) is 3.69. The van der Waals surface area contributed by atoms with E-state index in [9.17, 15) is 27.2 Å². The van der Waals surface area contributed by atoms with Crippen molar-refractivity contribution in [3.8, 4) is 0 Å². The van der Waals surface area contributed by atoms with Crippen LogP contribution >= 0.6 is 0 Å². The van der Waals surface area contributed by atoms with Gasteiger partial charge in [0.25, 0.3) is 0 Å². The zero-order valence-electron chi connectivity index (χ0n) is 10.1. The Labute approximate surface area is 111 Å². The highest BCUT2D eigenvalue weighted by Crippen LogP contribution is 2.31. The van der Waals surface area contributed by atoms with Crippen molar-refractivity contribution >= 4 is 17.5 Å². The van der Waals surface area contributed by atoms with Gasteiger partial charge >= 0.3 is 18.0 Å². The monoisotopic (exact) mass is 293 g/mol. The van der Waals surface area contributed by atoms with Gasteiger partial charge in [0, 0.05) is 13.1 Å². The Morgan fingerprint density at radius 2 is 1.85 bits per heavy atom. The van der Waals surface area contributed by atoms with Crippen molar-refractivity contribution in [3.63, 3.8) is 0 Å². The second-order valence-corrected chi connectivity index (χ2v) is 3.69. The molecule has 1 aromatic carbocycles. The molecule has 0 aliphatic rings. The molecule has 0 aliphatic carbocycles. The molecule has 0 spiro atoms. The van der Waals surface area contributed by atoms with Crippen LogP contribution < -0.4 is 16.4 Å². The van der Waals surface area contributed by atoms with Crippen molar-refractivity contribution in [3.05, 3.63) is 29.6 Å². The van der Waals surface area contributed by atoms with Crippen LogP contribution in [-0.2, 0) is 15.8 Å². The third-order valence-electron chi connectivity index (χ3n) is 2.18. The summed E-state index contributed by atoms with van der Waals surface area (Å²) in [6, 6.07) is 1.49. The van der Waals surface area contributed by atoms with E-state index in [4.69, 9.17) is 5.73 Å². The molecule has 4 N–H and O–H groups in total. The van der Waals surface area contributed by atoms with E-state index in [1.807, 2.05) is 0 Å². The third-order valence-corrected chi connectivity index (χ3v) is 2.18. The minimum Gasteiger partial charge on any atom is -0.347 e. The van der Waals surface area contributed by atoms with Gasteiger partial charge in [-0.05, 0) is 18.2 Å². The summed E-state index contributed by atoms with van der Waals surface area (Å²) in [5.74, 6) is -3.48. The smallest absolute Gasteiger partial charge is 0.347 e. The molecule has 20 heavy (non-hydrogen) atoms. The van der Waals surface area contributed by atoms with Gasteiger partial charge in [0.1, 0.15) is 5.82 Å². The van der Waals surface area contributed by atoms with Crippen molar-refractivity contribution in [2.45, 2.75) is 6.18 Å². The van der Waals surface area contributed by atoms with E-state index >= 15 is 0 Å².